The zero-order valence-electron chi connectivity index (χ0n) is 6.60. The number of aromatic nitrogens is 2. The second-order valence-corrected chi connectivity index (χ2v) is 2.56. The van der Waals surface area contributed by atoms with Gasteiger partial charge in [0.05, 0.1) is 11.8 Å². The van der Waals surface area contributed by atoms with Crippen LogP contribution in [0.1, 0.15) is 5.69 Å². The lowest BCUT2D eigenvalue weighted by atomic mass is 10.2. The van der Waals surface area contributed by atoms with Crippen molar-refractivity contribution >= 4 is 17.1 Å². The lowest BCUT2D eigenvalue weighted by Crippen LogP contribution is -2.00. The van der Waals surface area contributed by atoms with E-state index in [-0.39, 0.29) is 6.42 Å². The minimum atomic E-state index is -0.931. The van der Waals surface area contributed by atoms with Crippen LogP contribution in [0.4, 0.5) is 0 Å². The van der Waals surface area contributed by atoms with Crippen LogP contribution < -0.4 is 0 Å². The van der Waals surface area contributed by atoms with E-state index in [0.29, 0.717) is 16.8 Å². The molecular weight excluding hydrogens is 172 g/mol. The third kappa shape index (κ3) is 1.35. The van der Waals surface area contributed by atoms with Crippen LogP contribution in [-0.2, 0) is 11.2 Å². The number of carbonyl (C=O) groups is 1. The number of carboxylic acids is 1. The van der Waals surface area contributed by atoms with Crippen molar-refractivity contribution in [2.75, 3.05) is 0 Å². The maximum Gasteiger partial charge on any atom is 0.309 e. The summed E-state index contributed by atoms with van der Waals surface area (Å²) in [5, 5.41) is 12.8. The molecule has 5 nitrogen and oxygen atoms in total. The van der Waals surface area contributed by atoms with Crippen LogP contribution in [0.3, 0.4) is 0 Å². The van der Waals surface area contributed by atoms with Crippen molar-refractivity contribution in [1.82, 2.24) is 10.1 Å². The van der Waals surface area contributed by atoms with Gasteiger partial charge in [-0.3, -0.25) is 4.79 Å². The zero-order valence-corrected chi connectivity index (χ0v) is 6.60. The van der Waals surface area contributed by atoms with Gasteiger partial charge in [0, 0.05) is 6.20 Å². The Bertz CT molecular complexity index is 449. The minimum absolute atomic E-state index is 0.140. The Balaban J connectivity index is 2.51. The van der Waals surface area contributed by atoms with Gasteiger partial charge in [-0.05, 0) is 12.1 Å². The topological polar surface area (TPSA) is 76.2 Å². The Kier molecular flexibility index (Phi) is 1.70. The predicted molar refractivity (Wildman–Crippen MR) is 43.1 cm³/mol. The monoisotopic (exact) mass is 178 g/mol. The van der Waals surface area contributed by atoms with Crippen molar-refractivity contribution in [3.8, 4) is 0 Å². The highest BCUT2D eigenvalue weighted by Gasteiger charge is 2.10. The van der Waals surface area contributed by atoms with Crippen LogP contribution >= 0.6 is 0 Å². The molecule has 66 valence electrons. The smallest absolute Gasteiger partial charge is 0.309 e. The molecule has 2 rings (SSSR count). The van der Waals surface area contributed by atoms with Crippen LogP contribution in [0.25, 0.3) is 11.1 Å². The standard InChI is InChI=1S/C8H6N2O3/c11-7(12)4-6-5-2-1-3-9-8(5)13-10-6/h1-3H,4H2,(H,11,12). The molecule has 0 fully saturated rings. The largest absolute Gasteiger partial charge is 0.481 e. The fourth-order valence-electron chi connectivity index (χ4n) is 1.10. The maximum atomic E-state index is 10.4. The highest BCUT2D eigenvalue weighted by molar-refractivity contribution is 5.81. The predicted octanol–water partition coefficient (Wildman–Crippen LogP) is 0.850. The molecule has 0 saturated heterocycles. The van der Waals surface area contributed by atoms with Gasteiger partial charge in [-0.25, -0.2) is 4.98 Å². The first-order chi connectivity index (χ1) is 6.27. The van der Waals surface area contributed by atoms with Gasteiger partial charge in [-0.15, -0.1) is 0 Å². The highest BCUT2D eigenvalue weighted by atomic mass is 16.5. The van der Waals surface area contributed by atoms with Gasteiger partial charge >= 0.3 is 5.97 Å². The van der Waals surface area contributed by atoms with Crippen molar-refractivity contribution in [3.05, 3.63) is 24.0 Å². The normalized spacial score (nSPS) is 10.5. The summed E-state index contributed by atoms with van der Waals surface area (Å²) in [6.07, 6.45) is 1.43. The Morgan fingerprint density at radius 1 is 1.62 bits per heavy atom. The molecule has 0 radical (unpaired) electrons. The molecule has 0 aromatic carbocycles. The molecule has 0 saturated carbocycles. The average molecular weight is 178 g/mol. The van der Waals surface area contributed by atoms with Gasteiger partial charge in [0.15, 0.2) is 0 Å². The van der Waals surface area contributed by atoms with Gasteiger partial charge < -0.3 is 9.63 Å². The maximum absolute atomic E-state index is 10.4. The van der Waals surface area contributed by atoms with E-state index in [1.807, 2.05) is 0 Å². The third-order valence-electron chi connectivity index (χ3n) is 1.64. The molecule has 0 spiro atoms. The summed E-state index contributed by atoms with van der Waals surface area (Å²) in [5.74, 6) is -0.931. The molecule has 0 aliphatic carbocycles. The highest BCUT2D eigenvalue weighted by Crippen LogP contribution is 2.15. The first-order valence-corrected chi connectivity index (χ1v) is 3.68. The Morgan fingerprint density at radius 3 is 3.23 bits per heavy atom. The first kappa shape index (κ1) is 7.72. The van der Waals surface area contributed by atoms with E-state index < -0.39 is 5.97 Å². The fraction of sp³-hybridized carbons (Fsp3) is 0.125. The van der Waals surface area contributed by atoms with E-state index in [1.165, 1.54) is 0 Å². The summed E-state index contributed by atoms with van der Waals surface area (Å²) in [5.41, 5.74) is 0.786. The van der Waals surface area contributed by atoms with Gasteiger partial charge in [-0.2, -0.15) is 0 Å². The molecule has 0 bridgehead atoms. The van der Waals surface area contributed by atoms with Crippen LogP contribution in [0.2, 0.25) is 0 Å². The minimum Gasteiger partial charge on any atom is -0.481 e. The molecule has 0 aliphatic heterocycles. The summed E-state index contributed by atoms with van der Waals surface area (Å²) < 4.78 is 4.83. The van der Waals surface area contributed by atoms with Crippen molar-refractivity contribution in [2.24, 2.45) is 0 Å². The average Bonchev–Trinajstić information content (AvgIpc) is 2.48. The number of nitrogens with zero attached hydrogens (tertiary/aromatic N) is 2. The number of rotatable bonds is 2. The van der Waals surface area contributed by atoms with Crippen LogP contribution in [-0.4, -0.2) is 21.2 Å². The lowest BCUT2D eigenvalue weighted by Gasteiger charge is -1.88. The SMILES string of the molecule is O=C(O)Cc1noc2ncccc12. The number of hydrogen-bond donors (Lipinski definition) is 1. The van der Waals surface area contributed by atoms with E-state index in [1.54, 1.807) is 18.3 Å². The van der Waals surface area contributed by atoms with E-state index >= 15 is 0 Å². The van der Waals surface area contributed by atoms with Crippen molar-refractivity contribution < 1.29 is 14.4 Å². The Hall–Kier alpha value is -1.91. The van der Waals surface area contributed by atoms with Gasteiger partial charge in [0.1, 0.15) is 5.69 Å². The van der Waals surface area contributed by atoms with Crippen LogP contribution in [0.15, 0.2) is 22.9 Å². The Morgan fingerprint density at radius 2 is 2.46 bits per heavy atom. The molecular formula is C8H6N2O3. The fourth-order valence-corrected chi connectivity index (χ4v) is 1.10. The summed E-state index contributed by atoms with van der Waals surface area (Å²) >= 11 is 0. The molecule has 0 amide bonds. The van der Waals surface area contributed by atoms with Crippen molar-refractivity contribution in [1.29, 1.82) is 0 Å². The number of carboxylic acid groups (broad SMARTS) is 1. The third-order valence-corrected chi connectivity index (χ3v) is 1.64. The van der Waals surface area contributed by atoms with E-state index in [9.17, 15) is 4.79 Å². The molecule has 13 heavy (non-hydrogen) atoms. The van der Waals surface area contributed by atoms with Crippen molar-refractivity contribution in [2.45, 2.75) is 6.42 Å². The summed E-state index contributed by atoms with van der Waals surface area (Å²) in [4.78, 5) is 14.3. The van der Waals surface area contributed by atoms with Crippen LogP contribution in [0, 0.1) is 0 Å². The molecule has 2 heterocycles. The zero-order chi connectivity index (χ0) is 9.26. The summed E-state index contributed by atoms with van der Waals surface area (Å²) in [6, 6.07) is 3.45. The number of fused-ring (bicyclic) bond motifs is 1. The van der Waals surface area contributed by atoms with E-state index in [0.717, 1.165) is 0 Å². The number of hydrogen-bond acceptors (Lipinski definition) is 4. The molecule has 5 heteroatoms. The molecule has 0 unspecified atom stereocenters. The van der Waals surface area contributed by atoms with Gasteiger partial charge in [0.25, 0.3) is 5.71 Å². The molecule has 2 aromatic heterocycles. The molecule has 0 atom stereocenters. The number of aliphatic carboxylic acids is 1. The second-order valence-electron chi connectivity index (χ2n) is 2.56. The lowest BCUT2D eigenvalue weighted by molar-refractivity contribution is -0.136. The van der Waals surface area contributed by atoms with E-state index in [4.69, 9.17) is 9.63 Å². The van der Waals surface area contributed by atoms with Gasteiger partial charge in [0.2, 0.25) is 0 Å². The molecule has 0 aliphatic rings. The molecule has 1 N–H and O–H groups in total. The number of pyridine rings is 1. The van der Waals surface area contributed by atoms with Crippen molar-refractivity contribution in [3.63, 3.8) is 0 Å². The molecule has 2 aromatic rings. The van der Waals surface area contributed by atoms with Crippen LogP contribution in [0.5, 0.6) is 0 Å². The van der Waals surface area contributed by atoms with Gasteiger partial charge in [-0.1, -0.05) is 5.16 Å². The summed E-state index contributed by atoms with van der Waals surface area (Å²) in [7, 11) is 0. The first-order valence-electron chi connectivity index (χ1n) is 3.68. The Labute approximate surface area is 73.0 Å². The quantitative estimate of drug-likeness (QED) is 0.737. The summed E-state index contributed by atoms with van der Waals surface area (Å²) in [6.45, 7) is 0. The second kappa shape index (κ2) is 2.85. The van der Waals surface area contributed by atoms with E-state index in [2.05, 4.69) is 10.1 Å².